The highest BCUT2D eigenvalue weighted by atomic mass is 28.4. The molecule has 0 aromatic heterocycles. The number of carbonyl (C=O) groups excluding carboxylic acids is 2. The second-order valence-corrected chi connectivity index (χ2v) is 12.7. The molecule has 0 saturated heterocycles. The van der Waals surface area contributed by atoms with Gasteiger partial charge in [-0.15, -0.1) is 6.58 Å². The van der Waals surface area contributed by atoms with Gasteiger partial charge >= 0.3 is 5.97 Å². The summed E-state index contributed by atoms with van der Waals surface area (Å²) in [6, 6.07) is 9.12. The maximum absolute atomic E-state index is 12.6. The van der Waals surface area contributed by atoms with Crippen molar-refractivity contribution < 1.29 is 14.0 Å². The van der Waals surface area contributed by atoms with Gasteiger partial charge in [-0.1, -0.05) is 62.1 Å². The van der Waals surface area contributed by atoms with E-state index >= 15 is 0 Å². The van der Waals surface area contributed by atoms with E-state index in [1.54, 1.807) is 0 Å². The van der Waals surface area contributed by atoms with Crippen LogP contribution in [0.25, 0.3) is 0 Å². The van der Waals surface area contributed by atoms with Gasteiger partial charge in [-0.25, -0.2) is 0 Å². The fraction of sp³-hybridized carbons (Fsp3) is 0.565. The third-order valence-corrected chi connectivity index (χ3v) is 5.18. The van der Waals surface area contributed by atoms with Gasteiger partial charge in [0.05, 0.1) is 0 Å². The summed E-state index contributed by atoms with van der Waals surface area (Å²) in [6.07, 6.45) is 10.6. The van der Waals surface area contributed by atoms with Gasteiger partial charge in [0.2, 0.25) is 14.2 Å². The summed E-state index contributed by atoms with van der Waals surface area (Å²) in [5.41, 5.74) is 1.01. The third-order valence-electron chi connectivity index (χ3n) is 4.37. The monoisotopic (exact) mass is 403 g/mol. The van der Waals surface area contributed by atoms with Crippen molar-refractivity contribution in [3.8, 4) is 0 Å². The van der Waals surface area contributed by atoms with Crippen molar-refractivity contribution in [1.82, 2.24) is 5.32 Å². The van der Waals surface area contributed by atoms with Crippen molar-refractivity contribution in [2.75, 3.05) is 0 Å². The molecule has 4 nitrogen and oxygen atoms in total. The van der Waals surface area contributed by atoms with E-state index in [2.05, 4.69) is 11.9 Å². The lowest BCUT2D eigenvalue weighted by Crippen LogP contribution is -2.46. The summed E-state index contributed by atoms with van der Waals surface area (Å²) < 4.78 is 5.64. The number of allylic oxidation sites excluding steroid dienone is 1. The Bertz CT molecular complexity index is 596. The average Bonchev–Trinajstić information content (AvgIpc) is 2.63. The highest BCUT2D eigenvalue weighted by Crippen LogP contribution is 2.11. The molecular weight excluding hydrogens is 366 g/mol. The molecule has 1 atom stereocenters. The number of benzene rings is 1. The number of unbranched alkanes of at least 4 members (excludes halogenated alkanes) is 6. The Kier molecular flexibility index (Phi) is 11.5. The van der Waals surface area contributed by atoms with Crippen LogP contribution in [0.15, 0.2) is 43.0 Å². The van der Waals surface area contributed by atoms with Crippen molar-refractivity contribution in [3.05, 3.63) is 48.6 Å². The Morgan fingerprint density at radius 2 is 1.64 bits per heavy atom. The van der Waals surface area contributed by atoms with Gasteiger partial charge in [-0.05, 0) is 44.5 Å². The summed E-state index contributed by atoms with van der Waals surface area (Å²) >= 11 is 0. The predicted octanol–water partition coefficient (Wildman–Crippen LogP) is 5.40. The van der Waals surface area contributed by atoms with E-state index in [0.29, 0.717) is 12.8 Å². The molecule has 0 aliphatic rings. The normalized spacial score (nSPS) is 12.2. The predicted molar refractivity (Wildman–Crippen MR) is 119 cm³/mol. The Balaban J connectivity index is 2.45. The zero-order chi connectivity index (χ0) is 20.8. The van der Waals surface area contributed by atoms with Crippen LogP contribution in [0.1, 0.15) is 56.9 Å². The van der Waals surface area contributed by atoms with Crippen LogP contribution in [0.4, 0.5) is 0 Å². The SMILES string of the molecule is C=CCCCCCCCCC(=O)N[C@@H](Cc1ccccc1)C(=O)O[Si](C)(C)C. The van der Waals surface area contributed by atoms with Gasteiger partial charge in [0.25, 0.3) is 0 Å². The molecule has 0 aliphatic carbocycles. The summed E-state index contributed by atoms with van der Waals surface area (Å²) in [5.74, 6) is -0.390. The highest BCUT2D eigenvalue weighted by Gasteiger charge is 2.28. The van der Waals surface area contributed by atoms with Crippen LogP contribution in [-0.4, -0.2) is 26.2 Å². The molecule has 0 heterocycles. The molecule has 0 radical (unpaired) electrons. The van der Waals surface area contributed by atoms with E-state index in [4.69, 9.17) is 4.43 Å². The standard InChI is InChI=1S/C23H37NO3Si/c1-5-6-7-8-9-10-11-15-18-22(25)24-21(23(26)27-28(2,3)4)19-20-16-13-12-14-17-20/h5,12-14,16-17,21H,1,6-11,15,18-19H2,2-4H3,(H,24,25)/t21-/m0/s1. The van der Waals surface area contributed by atoms with Gasteiger partial charge in [0, 0.05) is 12.8 Å². The van der Waals surface area contributed by atoms with E-state index in [1.165, 1.54) is 19.3 Å². The van der Waals surface area contributed by atoms with E-state index in [9.17, 15) is 9.59 Å². The summed E-state index contributed by atoms with van der Waals surface area (Å²) in [4.78, 5) is 25.0. The topological polar surface area (TPSA) is 55.4 Å². The van der Waals surface area contributed by atoms with E-state index in [0.717, 1.165) is 31.2 Å². The minimum Gasteiger partial charge on any atom is -0.518 e. The largest absolute Gasteiger partial charge is 0.518 e. The van der Waals surface area contributed by atoms with Gasteiger partial charge in [-0.2, -0.15) is 0 Å². The number of hydrogen-bond donors (Lipinski definition) is 1. The van der Waals surface area contributed by atoms with E-state index < -0.39 is 14.4 Å². The lowest BCUT2D eigenvalue weighted by atomic mass is 10.1. The minimum atomic E-state index is -2.01. The zero-order valence-corrected chi connectivity index (χ0v) is 18.8. The quantitative estimate of drug-likeness (QED) is 0.257. The van der Waals surface area contributed by atoms with Crippen LogP contribution in [0.3, 0.4) is 0 Å². The fourth-order valence-corrected chi connectivity index (χ4v) is 3.71. The molecule has 28 heavy (non-hydrogen) atoms. The maximum atomic E-state index is 12.6. The molecule has 0 bridgehead atoms. The molecule has 1 amide bonds. The zero-order valence-electron chi connectivity index (χ0n) is 17.8. The molecule has 156 valence electrons. The second kappa shape index (κ2) is 13.3. The Hall–Kier alpha value is -1.88. The summed E-state index contributed by atoms with van der Waals surface area (Å²) in [6.45, 7) is 9.65. The molecule has 0 unspecified atom stereocenters. The van der Waals surface area contributed by atoms with Crippen molar-refractivity contribution in [3.63, 3.8) is 0 Å². The highest BCUT2D eigenvalue weighted by molar-refractivity contribution is 6.71. The average molecular weight is 404 g/mol. The van der Waals surface area contributed by atoms with Crippen LogP contribution in [0.5, 0.6) is 0 Å². The van der Waals surface area contributed by atoms with Gasteiger partial charge in [0.15, 0.2) is 0 Å². The Morgan fingerprint density at radius 1 is 1.04 bits per heavy atom. The lowest BCUT2D eigenvalue weighted by Gasteiger charge is -2.23. The first-order valence-corrected chi connectivity index (χ1v) is 13.9. The lowest BCUT2D eigenvalue weighted by molar-refractivity contribution is -0.140. The Labute approximate surface area is 171 Å². The van der Waals surface area contributed by atoms with Crippen LogP contribution in [-0.2, 0) is 20.4 Å². The number of carbonyl (C=O) groups is 2. The van der Waals surface area contributed by atoms with Crippen LogP contribution in [0.2, 0.25) is 19.6 Å². The Morgan fingerprint density at radius 3 is 2.25 bits per heavy atom. The molecule has 1 rings (SSSR count). The molecule has 1 aromatic carbocycles. The van der Waals surface area contributed by atoms with Crippen LogP contribution < -0.4 is 5.32 Å². The first-order valence-electron chi connectivity index (χ1n) is 10.5. The van der Waals surface area contributed by atoms with Gasteiger partial charge < -0.3 is 9.74 Å². The van der Waals surface area contributed by atoms with Crippen molar-refractivity contribution in [1.29, 1.82) is 0 Å². The van der Waals surface area contributed by atoms with Crippen molar-refractivity contribution >= 4 is 20.2 Å². The van der Waals surface area contributed by atoms with E-state index in [-0.39, 0.29) is 11.9 Å². The number of amides is 1. The molecule has 5 heteroatoms. The van der Waals surface area contributed by atoms with Crippen molar-refractivity contribution in [2.24, 2.45) is 0 Å². The smallest absolute Gasteiger partial charge is 0.315 e. The molecule has 0 spiro atoms. The number of hydrogen-bond acceptors (Lipinski definition) is 3. The molecule has 0 saturated carbocycles. The number of rotatable bonds is 14. The molecule has 0 fully saturated rings. The van der Waals surface area contributed by atoms with E-state index in [1.807, 2.05) is 56.0 Å². The first kappa shape index (κ1) is 24.2. The molecule has 1 N–H and O–H groups in total. The maximum Gasteiger partial charge on any atom is 0.315 e. The molecule has 1 aromatic rings. The molecule has 0 aliphatic heterocycles. The van der Waals surface area contributed by atoms with Crippen LogP contribution in [0, 0.1) is 0 Å². The van der Waals surface area contributed by atoms with Gasteiger partial charge in [-0.3, -0.25) is 9.59 Å². The van der Waals surface area contributed by atoms with Gasteiger partial charge in [0.1, 0.15) is 6.04 Å². The first-order chi connectivity index (χ1) is 13.3. The summed E-state index contributed by atoms with van der Waals surface area (Å²) in [7, 11) is -2.01. The second-order valence-electron chi connectivity index (χ2n) is 8.29. The fourth-order valence-electron chi connectivity index (χ4n) is 2.96. The summed E-state index contributed by atoms with van der Waals surface area (Å²) in [5, 5.41) is 2.90. The van der Waals surface area contributed by atoms with Crippen molar-refractivity contribution in [2.45, 2.75) is 83.5 Å². The van der Waals surface area contributed by atoms with Crippen LogP contribution >= 0.6 is 0 Å². The third kappa shape index (κ3) is 11.8. The number of nitrogens with one attached hydrogen (secondary N) is 1. The minimum absolute atomic E-state index is 0.0693. The molecular formula is C23H37NO3Si.